The van der Waals surface area contributed by atoms with Crippen LogP contribution in [0.25, 0.3) is 0 Å². The molecule has 23 heavy (non-hydrogen) atoms. The molecule has 0 spiro atoms. The summed E-state index contributed by atoms with van der Waals surface area (Å²) in [6.45, 7) is 7.46. The molecule has 1 unspecified atom stereocenters. The van der Waals surface area contributed by atoms with Crippen molar-refractivity contribution >= 4 is 24.2 Å². The monoisotopic (exact) mass is 345 g/mol. The molecule has 2 aliphatic heterocycles. The predicted octanol–water partition coefficient (Wildman–Crippen LogP) is 2.03. The van der Waals surface area contributed by atoms with Crippen molar-refractivity contribution in [1.29, 1.82) is 0 Å². The number of carbonyl (C=O) groups is 2. The van der Waals surface area contributed by atoms with Gasteiger partial charge in [-0.15, -0.1) is 12.4 Å². The van der Waals surface area contributed by atoms with E-state index in [2.05, 4.69) is 6.92 Å². The first kappa shape index (κ1) is 20.2. The molecule has 0 bridgehead atoms. The average Bonchev–Trinajstić information content (AvgIpc) is 2.54. The summed E-state index contributed by atoms with van der Waals surface area (Å²) in [5.41, 5.74) is 5.92. The number of amides is 2. The Balaban J connectivity index is 0.00000264. The van der Waals surface area contributed by atoms with Crippen LogP contribution in [0.2, 0.25) is 0 Å². The van der Waals surface area contributed by atoms with Crippen molar-refractivity contribution in [3.8, 4) is 0 Å². The highest BCUT2D eigenvalue weighted by Crippen LogP contribution is 2.24. The minimum atomic E-state index is -0.374. The van der Waals surface area contributed by atoms with Crippen molar-refractivity contribution in [2.45, 2.75) is 58.4 Å². The molecular formula is C17H32ClN3O2. The largest absolute Gasteiger partial charge is 0.342 e. The zero-order valence-corrected chi connectivity index (χ0v) is 15.3. The van der Waals surface area contributed by atoms with Gasteiger partial charge in [-0.1, -0.05) is 20.3 Å². The van der Waals surface area contributed by atoms with Gasteiger partial charge in [0, 0.05) is 32.1 Å². The molecule has 0 aliphatic carbocycles. The Morgan fingerprint density at radius 1 is 1.04 bits per heavy atom. The normalized spacial score (nSPS) is 21.7. The quantitative estimate of drug-likeness (QED) is 0.847. The first-order chi connectivity index (χ1) is 10.5. The van der Waals surface area contributed by atoms with Crippen LogP contribution in [0.5, 0.6) is 0 Å². The fourth-order valence-corrected chi connectivity index (χ4v) is 3.50. The molecule has 2 saturated heterocycles. The van der Waals surface area contributed by atoms with Crippen LogP contribution in [-0.2, 0) is 9.59 Å². The van der Waals surface area contributed by atoms with Gasteiger partial charge in [-0.2, -0.15) is 0 Å². The van der Waals surface area contributed by atoms with Gasteiger partial charge in [0.05, 0.1) is 6.04 Å². The Bertz CT molecular complexity index is 389. The number of likely N-dealkylation sites (tertiary alicyclic amines) is 2. The second-order valence-electron chi connectivity index (χ2n) is 7.00. The highest BCUT2D eigenvalue weighted by molar-refractivity contribution is 5.85. The number of nitrogens with zero attached hydrogens (tertiary/aromatic N) is 2. The topological polar surface area (TPSA) is 66.6 Å². The van der Waals surface area contributed by atoms with Gasteiger partial charge in [-0.05, 0) is 38.0 Å². The maximum Gasteiger partial charge on any atom is 0.239 e. The molecule has 0 radical (unpaired) electrons. The highest BCUT2D eigenvalue weighted by Gasteiger charge is 2.32. The van der Waals surface area contributed by atoms with Gasteiger partial charge < -0.3 is 15.5 Å². The molecule has 2 rings (SSSR count). The molecule has 5 nitrogen and oxygen atoms in total. The fraction of sp³-hybridized carbons (Fsp3) is 0.882. The van der Waals surface area contributed by atoms with Crippen molar-refractivity contribution in [2.24, 2.45) is 17.6 Å². The molecule has 2 N–H and O–H groups in total. The molecule has 0 aromatic heterocycles. The second kappa shape index (κ2) is 9.48. The number of carbonyl (C=O) groups excluding carboxylic acids is 2. The third-order valence-corrected chi connectivity index (χ3v) is 5.17. The summed E-state index contributed by atoms with van der Waals surface area (Å²) in [5.74, 6) is 1.19. The number of piperidine rings is 2. The number of hydrogen-bond acceptors (Lipinski definition) is 3. The lowest BCUT2D eigenvalue weighted by Gasteiger charge is -2.37. The zero-order chi connectivity index (χ0) is 16.1. The molecule has 2 aliphatic rings. The van der Waals surface area contributed by atoms with E-state index in [-0.39, 0.29) is 30.3 Å². The Labute approximate surface area is 146 Å². The van der Waals surface area contributed by atoms with Gasteiger partial charge in [0.25, 0.3) is 0 Å². The lowest BCUT2D eigenvalue weighted by Crippen LogP contribution is -2.50. The van der Waals surface area contributed by atoms with E-state index in [0.29, 0.717) is 19.0 Å². The van der Waals surface area contributed by atoms with Crippen LogP contribution in [0.3, 0.4) is 0 Å². The van der Waals surface area contributed by atoms with E-state index >= 15 is 0 Å². The van der Waals surface area contributed by atoms with Gasteiger partial charge in [0.15, 0.2) is 0 Å². The minimum absolute atomic E-state index is 0. The molecule has 1 atom stereocenters. The van der Waals surface area contributed by atoms with Crippen LogP contribution >= 0.6 is 12.4 Å². The third kappa shape index (κ3) is 5.35. The highest BCUT2D eigenvalue weighted by atomic mass is 35.5. The van der Waals surface area contributed by atoms with E-state index in [0.717, 1.165) is 57.5 Å². The van der Waals surface area contributed by atoms with Crippen molar-refractivity contribution < 1.29 is 9.59 Å². The van der Waals surface area contributed by atoms with Crippen LogP contribution in [-0.4, -0.2) is 53.8 Å². The summed E-state index contributed by atoms with van der Waals surface area (Å²) in [6.07, 6.45) is 5.48. The number of halogens is 1. The third-order valence-electron chi connectivity index (χ3n) is 5.17. The summed E-state index contributed by atoms with van der Waals surface area (Å²) in [5, 5.41) is 0. The molecule has 134 valence electrons. The number of rotatable bonds is 4. The van der Waals surface area contributed by atoms with Gasteiger partial charge >= 0.3 is 0 Å². The first-order valence-electron chi connectivity index (χ1n) is 8.86. The van der Waals surface area contributed by atoms with E-state index < -0.39 is 0 Å². The Hall–Kier alpha value is -0.810. The van der Waals surface area contributed by atoms with E-state index in [1.54, 1.807) is 0 Å². The maximum absolute atomic E-state index is 12.6. The second-order valence-corrected chi connectivity index (χ2v) is 7.00. The van der Waals surface area contributed by atoms with Crippen LogP contribution in [0.4, 0.5) is 0 Å². The lowest BCUT2D eigenvalue weighted by molar-refractivity contribution is -0.142. The van der Waals surface area contributed by atoms with Crippen LogP contribution in [0.1, 0.15) is 52.4 Å². The summed E-state index contributed by atoms with van der Waals surface area (Å²) in [4.78, 5) is 28.7. The van der Waals surface area contributed by atoms with Gasteiger partial charge in [0.1, 0.15) is 0 Å². The Kier molecular flexibility index (Phi) is 8.34. The van der Waals surface area contributed by atoms with E-state index in [1.165, 1.54) is 0 Å². The Morgan fingerprint density at radius 2 is 1.57 bits per heavy atom. The standard InChI is InChI=1S/C17H31N3O2.ClH/c1-3-4-15(18)17(22)20-11-7-14(8-12-20)16(21)19-9-5-13(2)6-10-19;/h13-15H,3-12,18H2,1-2H3;1H. The average molecular weight is 346 g/mol. The molecule has 0 aromatic carbocycles. The van der Waals surface area contributed by atoms with Crippen LogP contribution in [0.15, 0.2) is 0 Å². The molecule has 0 saturated carbocycles. The summed E-state index contributed by atoms with van der Waals surface area (Å²) in [7, 11) is 0. The summed E-state index contributed by atoms with van der Waals surface area (Å²) in [6, 6.07) is -0.374. The molecule has 2 heterocycles. The van der Waals surface area contributed by atoms with Crippen molar-refractivity contribution in [2.75, 3.05) is 26.2 Å². The van der Waals surface area contributed by atoms with Crippen LogP contribution < -0.4 is 5.73 Å². The van der Waals surface area contributed by atoms with Gasteiger partial charge in [-0.25, -0.2) is 0 Å². The molecule has 2 amide bonds. The fourth-order valence-electron chi connectivity index (χ4n) is 3.50. The van der Waals surface area contributed by atoms with E-state index in [4.69, 9.17) is 5.73 Å². The Morgan fingerprint density at radius 3 is 2.09 bits per heavy atom. The van der Waals surface area contributed by atoms with Crippen molar-refractivity contribution in [1.82, 2.24) is 9.80 Å². The number of hydrogen-bond donors (Lipinski definition) is 1. The maximum atomic E-state index is 12.6. The number of nitrogens with two attached hydrogens (primary N) is 1. The molecule has 0 aromatic rings. The predicted molar refractivity (Wildman–Crippen MR) is 94.4 cm³/mol. The SMILES string of the molecule is CCCC(N)C(=O)N1CCC(C(=O)N2CCC(C)CC2)CC1.Cl. The lowest BCUT2D eigenvalue weighted by atomic mass is 9.92. The summed E-state index contributed by atoms with van der Waals surface area (Å²) < 4.78 is 0. The minimum Gasteiger partial charge on any atom is -0.342 e. The van der Waals surface area contributed by atoms with Crippen molar-refractivity contribution in [3.05, 3.63) is 0 Å². The van der Waals surface area contributed by atoms with E-state index in [1.807, 2.05) is 16.7 Å². The van der Waals surface area contributed by atoms with E-state index in [9.17, 15) is 9.59 Å². The smallest absolute Gasteiger partial charge is 0.239 e. The zero-order valence-electron chi connectivity index (χ0n) is 14.5. The van der Waals surface area contributed by atoms with Crippen LogP contribution in [0, 0.1) is 11.8 Å². The van der Waals surface area contributed by atoms with Gasteiger partial charge in [-0.3, -0.25) is 9.59 Å². The molecule has 6 heteroatoms. The van der Waals surface area contributed by atoms with Crippen molar-refractivity contribution in [3.63, 3.8) is 0 Å². The van der Waals surface area contributed by atoms with Gasteiger partial charge in [0.2, 0.25) is 11.8 Å². The molecular weight excluding hydrogens is 314 g/mol. The summed E-state index contributed by atoms with van der Waals surface area (Å²) >= 11 is 0. The molecule has 2 fully saturated rings. The first-order valence-corrected chi connectivity index (χ1v) is 8.86.